The Labute approximate surface area is 186 Å². The maximum atomic E-state index is 13.5. The SMILES string of the molecule is Cc1c(C)c2c(c(C)c1O)CC[C@@](C)(C(=O)N(CCO)C(=N)Nc1ccc(O)c(O)c1)O2. The third-order valence-corrected chi connectivity index (χ3v) is 6.05. The van der Waals surface area contributed by atoms with Crippen molar-refractivity contribution in [3.05, 3.63) is 40.5 Å². The largest absolute Gasteiger partial charge is 0.507 e. The number of carbonyl (C=O) groups excluding carboxylic acids is 1. The topological polar surface area (TPSA) is 146 Å². The number of ether oxygens (including phenoxy) is 1. The van der Waals surface area contributed by atoms with Crippen molar-refractivity contribution in [1.82, 2.24) is 4.90 Å². The zero-order chi connectivity index (χ0) is 23.8. The fourth-order valence-corrected chi connectivity index (χ4v) is 3.90. The lowest BCUT2D eigenvalue weighted by Crippen LogP contribution is -2.56. The molecule has 1 heterocycles. The molecule has 9 nitrogen and oxygen atoms in total. The first kappa shape index (κ1) is 23.2. The Bertz CT molecular complexity index is 1080. The number of carbonyl (C=O) groups is 1. The van der Waals surface area contributed by atoms with Crippen LogP contribution in [0.5, 0.6) is 23.0 Å². The van der Waals surface area contributed by atoms with Crippen LogP contribution in [0.25, 0.3) is 0 Å². The number of aromatic hydroxyl groups is 3. The Morgan fingerprint density at radius 1 is 1.16 bits per heavy atom. The van der Waals surface area contributed by atoms with Gasteiger partial charge in [0.15, 0.2) is 17.1 Å². The van der Waals surface area contributed by atoms with Crippen LogP contribution in [0.2, 0.25) is 0 Å². The van der Waals surface area contributed by atoms with Crippen molar-refractivity contribution >= 4 is 17.6 Å². The maximum absolute atomic E-state index is 13.5. The Morgan fingerprint density at radius 3 is 2.47 bits per heavy atom. The fourth-order valence-electron chi connectivity index (χ4n) is 3.90. The molecule has 2 aromatic carbocycles. The number of phenolic OH excluding ortho intramolecular Hbond substituents is 3. The van der Waals surface area contributed by atoms with E-state index in [0.29, 0.717) is 29.8 Å². The second-order valence-corrected chi connectivity index (χ2v) is 8.22. The third-order valence-electron chi connectivity index (χ3n) is 6.05. The van der Waals surface area contributed by atoms with Crippen LogP contribution >= 0.6 is 0 Å². The summed E-state index contributed by atoms with van der Waals surface area (Å²) in [6.07, 6.45) is 0.842. The van der Waals surface area contributed by atoms with Gasteiger partial charge in [-0.25, -0.2) is 0 Å². The molecule has 172 valence electrons. The molecule has 0 aliphatic carbocycles. The van der Waals surface area contributed by atoms with Crippen molar-refractivity contribution < 1.29 is 30.0 Å². The molecule has 1 aliphatic rings. The van der Waals surface area contributed by atoms with Crippen LogP contribution in [0.1, 0.15) is 35.6 Å². The highest BCUT2D eigenvalue weighted by Gasteiger charge is 2.44. The summed E-state index contributed by atoms with van der Waals surface area (Å²) in [4.78, 5) is 14.6. The van der Waals surface area contributed by atoms with E-state index in [1.54, 1.807) is 13.8 Å². The van der Waals surface area contributed by atoms with Gasteiger partial charge >= 0.3 is 0 Å². The number of amides is 1. The van der Waals surface area contributed by atoms with Gasteiger partial charge in [0, 0.05) is 23.7 Å². The van der Waals surface area contributed by atoms with Crippen molar-refractivity contribution in [3.8, 4) is 23.0 Å². The molecule has 2 aromatic rings. The minimum atomic E-state index is -1.28. The monoisotopic (exact) mass is 443 g/mol. The Balaban J connectivity index is 1.89. The Kier molecular flexibility index (Phi) is 6.23. The number of guanidine groups is 1. The number of phenols is 3. The van der Waals surface area contributed by atoms with E-state index in [1.165, 1.54) is 18.2 Å². The van der Waals surface area contributed by atoms with Crippen LogP contribution in [0, 0.1) is 26.2 Å². The predicted molar refractivity (Wildman–Crippen MR) is 120 cm³/mol. The van der Waals surface area contributed by atoms with Crippen LogP contribution in [0.4, 0.5) is 5.69 Å². The number of nitrogens with one attached hydrogen (secondary N) is 2. The minimum Gasteiger partial charge on any atom is -0.507 e. The van der Waals surface area contributed by atoms with Gasteiger partial charge < -0.3 is 30.5 Å². The van der Waals surface area contributed by atoms with E-state index < -0.39 is 11.5 Å². The first-order valence-corrected chi connectivity index (χ1v) is 10.3. The molecule has 0 saturated carbocycles. The summed E-state index contributed by atoms with van der Waals surface area (Å²) in [5, 5.41) is 50.1. The van der Waals surface area contributed by atoms with Crippen molar-refractivity contribution in [1.29, 1.82) is 5.41 Å². The molecule has 0 aromatic heterocycles. The normalized spacial score (nSPS) is 17.3. The van der Waals surface area contributed by atoms with Crippen LogP contribution in [-0.2, 0) is 11.2 Å². The molecule has 9 heteroatoms. The van der Waals surface area contributed by atoms with Gasteiger partial charge in [0.2, 0.25) is 5.96 Å². The van der Waals surface area contributed by atoms with E-state index >= 15 is 0 Å². The van der Waals surface area contributed by atoms with Crippen molar-refractivity contribution in [2.45, 2.75) is 46.1 Å². The van der Waals surface area contributed by atoms with Gasteiger partial charge in [-0.05, 0) is 62.9 Å². The van der Waals surface area contributed by atoms with Gasteiger partial charge in [-0.15, -0.1) is 0 Å². The average molecular weight is 444 g/mol. The molecule has 32 heavy (non-hydrogen) atoms. The summed E-state index contributed by atoms with van der Waals surface area (Å²) in [5.41, 5.74) is 2.03. The van der Waals surface area contributed by atoms with Gasteiger partial charge in [0.1, 0.15) is 11.5 Å². The first-order valence-electron chi connectivity index (χ1n) is 10.3. The van der Waals surface area contributed by atoms with E-state index in [1.807, 2.05) is 13.8 Å². The quantitative estimate of drug-likeness (QED) is 0.184. The van der Waals surface area contributed by atoms with E-state index in [-0.39, 0.29) is 36.4 Å². The number of rotatable bonds is 4. The Hall–Kier alpha value is -3.46. The van der Waals surface area contributed by atoms with E-state index in [2.05, 4.69) is 5.32 Å². The zero-order valence-corrected chi connectivity index (χ0v) is 18.6. The predicted octanol–water partition coefficient (Wildman–Crippen LogP) is 2.68. The van der Waals surface area contributed by atoms with Crippen LogP contribution < -0.4 is 10.1 Å². The summed E-state index contributed by atoms with van der Waals surface area (Å²) in [7, 11) is 0. The molecule has 3 rings (SSSR count). The highest BCUT2D eigenvalue weighted by molar-refractivity contribution is 6.05. The van der Waals surface area contributed by atoms with E-state index in [0.717, 1.165) is 21.6 Å². The van der Waals surface area contributed by atoms with Crippen LogP contribution in [0.3, 0.4) is 0 Å². The number of anilines is 1. The molecule has 1 atom stereocenters. The molecular formula is C23H29N3O6. The first-order chi connectivity index (χ1) is 15.0. The smallest absolute Gasteiger partial charge is 0.273 e. The van der Waals surface area contributed by atoms with E-state index in [9.17, 15) is 25.2 Å². The molecule has 0 spiro atoms. The van der Waals surface area contributed by atoms with Gasteiger partial charge in [-0.3, -0.25) is 15.1 Å². The number of aliphatic hydroxyl groups excluding tert-OH is 1. The number of aliphatic hydroxyl groups is 1. The van der Waals surface area contributed by atoms with Gasteiger partial charge in [0.05, 0.1) is 13.2 Å². The lowest BCUT2D eigenvalue weighted by atomic mass is 9.86. The summed E-state index contributed by atoms with van der Waals surface area (Å²) in [6.45, 7) is 6.59. The van der Waals surface area contributed by atoms with Crippen molar-refractivity contribution in [2.24, 2.45) is 0 Å². The molecule has 1 aliphatic heterocycles. The minimum absolute atomic E-state index is 0.132. The van der Waals surface area contributed by atoms with Crippen molar-refractivity contribution in [2.75, 3.05) is 18.5 Å². The average Bonchev–Trinajstić information content (AvgIpc) is 2.76. The van der Waals surface area contributed by atoms with Gasteiger partial charge in [-0.1, -0.05) is 0 Å². The number of benzene rings is 2. The highest BCUT2D eigenvalue weighted by atomic mass is 16.5. The van der Waals surface area contributed by atoms with Crippen LogP contribution in [-0.4, -0.2) is 55.9 Å². The third kappa shape index (κ3) is 4.03. The second kappa shape index (κ2) is 8.58. The second-order valence-electron chi connectivity index (χ2n) is 8.22. The molecule has 0 fully saturated rings. The molecule has 0 bridgehead atoms. The Morgan fingerprint density at radius 2 is 1.84 bits per heavy atom. The molecule has 1 amide bonds. The molecule has 6 N–H and O–H groups in total. The van der Waals surface area contributed by atoms with Crippen molar-refractivity contribution in [3.63, 3.8) is 0 Å². The number of nitrogens with zero attached hydrogens (tertiary/aromatic N) is 1. The van der Waals surface area contributed by atoms with E-state index in [4.69, 9.17) is 10.1 Å². The van der Waals surface area contributed by atoms with Gasteiger partial charge in [0.25, 0.3) is 5.91 Å². The number of hydrogen-bond acceptors (Lipinski definition) is 7. The molecule has 0 unspecified atom stereocenters. The summed E-state index contributed by atoms with van der Waals surface area (Å²) in [5.74, 6) is -0.692. The summed E-state index contributed by atoms with van der Waals surface area (Å²) >= 11 is 0. The molecule has 0 radical (unpaired) electrons. The summed E-state index contributed by atoms with van der Waals surface area (Å²) < 4.78 is 6.21. The number of hydrogen-bond donors (Lipinski definition) is 6. The van der Waals surface area contributed by atoms with Crippen LogP contribution in [0.15, 0.2) is 18.2 Å². The highest BCUT2D eigenvalue weighted by Crippen LogP contribution is 2.43. The summed E-state index contributed by atoms with van der Waals surface area (Å²) in [6, 6.07) is 3.93. The lowest BCUT2D eigenvalue weighted by molar-refractivity contribution is -0.144. The molecule has 0 saturated heterocycles. The lowest BCUT2D eigenvalue weighted by Gasteiger charge is -2.39. The zero-order valence-electron chi connectivity index (χ0n) is 18.6. The maximum Gasteiger partial charge on any atom is 0.273 e. The fraction of sp³-hybridized carbons (Fsp3) is 0.391. The standard InChI is InChI=1S/C23H29N3O6/c1-12-13(2)20-16(14(3)19(12)30)7-8-23(4,32-20)21(31)26(9-10-27)22(24)25-15-5-6-17(28)18(29)11-15/h5-6,11,27-30H,7-10H2,1-4H3,(H2,24,25)/t23-/m0/s1. The molecular weight excluding hydrogens is 414 g/mol. The van der Waals surface area contributed by atoms with Gasteiger partial charge in [-0.2, -0.15) is 0 Å². The number of fused-ring (bicyclic) bond motifs is 1.